The van der Waals surface area contributed by atoms with Crippen LogP contribution in [0.1, 0.15) is 45.1 Å². The number of hydrogen-bond acceptors (Lipinski definition) is 1. The maximum atomic E-state index is 6.41. The molecule has 0 aliphatic carbocycles. The second kappa shape index (κ2) is 7.37. The largest absolute Gasteiger partial charge is 0.319 e. The molecule has 0 spiro atoms. The van der Waals surface area contributed by atoms with Gasteiger partial charge in [-0.25, -0.2) is 0 Å². The Kier molecular flexibility index (Phi) is 6.48. The van der Waals surface area contributed by atoms with Crippen LogP contribution in [0.15, 0.2) is 18.2 Å². The molecule has 102 valence electrons. The molecule has 0 unspecified atom stereocenters. The lowest BCUT2D eigenvalue weighted by molar-refractivity contribution is 0.344. The van der Waals surface area contributed by atoms with Crippen LogP contribution in [-0.4, -0.2) is 13.6 Å². The molecule has 0 saturated heterocycles. The highest BCUT2D eigenvalue weighted by Crippen LogP contribution is 2.38. The molecule has 1 rings (SSSR count). The predicted molar refractivity (Wildman–Crippen MR) is 81.9 cm³/mol. The van der Waals surface area contributed by atoms with E-state index in [0.717, 1.165) is 37.3 Å². The Balaban J connectivity index is 3.21. The molecular weight excluding hydrogens is 265 g/mol. The molecule has 1 nitrogen and oxygen atoms in total. The molecule has 0 aliphatic heterocycles. The molecule has 0 saturated carbocycles. The monoisotopic (exact) mass is 287 g/mol. The highest BCUT2D eigenvalue weighted by Gasteiger charge is 2.31. The van der Waals surface area contributed by atoms with Gasteiger partial charge >= 0.3 is 0 Å². The van der Waals surface area contributed by atoms with E-state index in [9.17, 15) is 0 Å². The highest BCUT2D eigenvalue weighted by molar-refractivity contribution is 6.35. The van der Waals surface area contributed by atoms with Crippen molar-refractivity contribution in [3.8, 4) is 0 Å². The zero-order chi connectivity index (χ0) is 13.6. The van der Waals surface area contributed by atoms with Crippen LogP contribution in [0, 0.1) is 0 Å². The van der Waals surface area contributed by atoms with Gasteiger partial charge in [0.25, 0.3) is 0 Å². The lowest BCUT2D eigenvalue weighted by Gasteiger charge is -2.35. The second-order valence-corrected chi connectivity index (χ2v) is 5.78. The van der Waals surface area contributed by atoms with Gasteiger partial charge in [-0.3, -0.25) is 0 Å². The molecule has 1 N–H and O–H groups in total. The van der Waals surface area contributed by atoms with Crippen LogP contribution in [0.4, 0.5) is 0 Å². The van der Waals surface area contributed by atoms with Crippen LogP contribution in [0.2, 0.25) is 10.0 Å². The van der Waals surface area contributed by atoms with E-state index in [0.29, 0.717) is 5.02 Å². The van der Waals surface area contributed by atoms with Gasteiger partial charge in [-0.2, -0.15) is 0 Å². The average Bonchev–Trinajstić information content (AvgIpc) is 2.29. The summed E-state index contributed by atoms with van der Waals surface area (Å²) in [5.74, 6) is 0. The Hall–Kier alpha value is -0.240. The van der Waals surface area contributed by atoms with Crippen molar-refractivity contribution in [1.82, 2.24) is 5.32 Å². The van der Waals surface area contributed by atoms with Crippen LogP contribution in [0.25, 0.3) is 0 Å². The van der Waals surface area contributed by atoms with E-state index in [1.54, 1.807) is 0 Å². The van der Waals surface area contributed by atoms with Gasteiger partial charge in [0, 0.05) is 22.0 Å². The molecule has 0 fully saturated rings. The Labute approximate surface area is 121 Å². The van der Waals surface area contributed by atoms with Crippen LogP contribution in [-0.2, 0) is 5.41 Å². The van der Waals surface area contributed by atoms with Crippen molar-refractivity contribution in [1.29, 1.82) is 0 Å². The number of halogens is 2. The van der Waals surface area contributed by atoms with Crippen molar-refractivity contribution in [3.05, 3.63) is 33.8 Å². The third-order valence-corrected chi connectivity index (χ3v) is 4.02. The first-order valence-corrected chi connectivity index (χ1v) is 7.45. The topological polar surface area (TPSA) is 12.0 Å². The van der Waals surface area contributed by atoms with Gasteiger partial charge < -0.3 is 5.32 Å². The summed E-state index contributed by atoms with van der Waals surface area (Å²) in [6.07, 6.45) is 4.59. The first kappa shape index (κ1) is 15.8. The first-order valence-electron chi connectivity index (χ1n) is 6.69. The van der Waals surface area contributed by atoms with E-state index in [4.69, 9.17) is 23.2 Å². The van der Waals surface area contributed by atoms with Crippen molar-refractivity contribution in [2.45, 2.75) is 44.9 Å². The average molecular weight is 288 g/mol. The van der Waals surface area contributed by atoms with E-state index in [1.165, 1.54) is 5.56 Å². The lowest BCUT2D eigenvalue weighted by Crippen LogP contribution is -2.37. The van der Waals surface area contributed by atoms with E-state index in [1.807, 2.05) is 19.2 Å². The van der Waals surface area contributed by atoms with Gasteiger partial charge in [-0.15, -0.1) is 0 Å². The van der Waals surface area contributed by atoms with Gasteiger partial charge in [0.15, 0.2) is 0 Å². The number of rotatable bonds is 7. The van der Waals surface area contributed by atoms with Gasteiger partial charge in [0.05, 0.1) is 0 Å². The summed E-state index contributed by atoms with van der Waals surface area (Å²) in [6, 6.07) is 5.89. The summed E-state index contributed by atoms with van der Waals surface area (Å²) >= 11 is 12.4. The van der Waals surface area contributed by atoms with Gasteiger partial charge in [0.2, 0.25) is 0 Å². The third-order valence-electron chi connectivity index (χ3n) is 3.47. The Morgan fingerprint density at radius 3 is 2.17 bits per heavy atom. The van der Waals surface area contributed by atoms with Crippen LogP contribution >= 0.6 is 23.2 Å². The minimum atomic E-state index is 0.125. The Bertz CT molecular complexity index is 360. The number of hydrogen-bond donors (Lipinski definition) is 1. The van der Waals surface area contributed by atoms with Crippen LogP contribution in [0.5, 0.6) is 0 Å². The minimum absolute atomic E-state index is 0.125. The van der Waals surface area contributed by atoms with Crippen molar-refractivity contribution in [3.63, 3.8) is 0 Å². The molecule has 3 heteroatoms. The normalized spacial score (nSPS) is 11.8. The van der Waals surface area contributed by atoms with Gasteiger partial charge in [-0.1, -0.05) is 56.0 Å². The quantitative estimate of drug-likeness (QED) is 0.740. The molecule has 18 heavy (non-hydrogen) atoms. The minimum Gasteiger partial charge on any atom is -0.319 e. The highest BCUT2D eigenvalue weighted by atomic mass is 35.5. The van der Waals surface area contributed by atoms with Gasteiger partial charge in [0.1, 0.15) is 0 Å². The smallest absolute Gasteiger partial charge is 0.0458 e. The van der Waals surface area contributed by atoms with Crippen molar-refractivity contribution in [2.24, 2.45) is 0 Å². The molecular formula is C15H23Cl2N. The summed E-state index contributed by atoms with van der Waals surface area (Å²) in [5, 5.41) is 4.82. The molecule has 0 atom stereocenters. The molecule has 0 amide bonds. The predicted octanol–water partition coefficient (Wildman–Crippen LogP) is 5.05. The summed E-state index contributed by atoms with van der Waals surface area (Å²) < 4.78 is 0. The molecule has 0 radical (unpaired) electrons. The molecule has 0 aromatic heterocycles. The van der Waals surface area contributed by atoms with Crippen molar-refractivity contribution >= 4 is 23.2 Å². The maximum absolute atomic E-state index is 6.41. The van der Waals surface area contributed by atoms with E-state index in [2.05, 4.69) is 25.2 Å². The standard InChI is InChI=1S/C15H23Cl2N/c1-4-8-15(9-5-2,11-18-3)13-7-6-12(16)10-14(13)17/h6-7,10,18H,4-5,8-9,11H2,1-3H3. The van der Waals surface area contributed by atoms with Crippen LogP contribution in [0.3, 0.4) is 0 Å². The fraction of sp³-hybridized carbons (Fsp3) is 0.600. The zero-order valence-corrected chi connectivity index (χ0v) is 13.0. The molecule has 0 aliphatic rings. The van der Waals surface area contributed by atoms with E-state index in [-0.39, 0.29) is 5.41 Å². The fourth-order valence-corrected chi connectivity index (χ4v) is 3.49. The summed E-state index contributed by atoms with van der Waals surface area (Å²) in [7, 11) is 2.00. The summed E-state index contributed by atoms with van der Waals surface area (Å²) in [5.41, 5.74) is 1.35. The van der Waals surface area contributed by atoms with Crippen molar-refractivity contribution in [2.75, 3.05) is 13.6 Å². The third kappa shape index (κ3) is 3.63. The van der Waals surface area contributed by atoms with Crippen LogP contribution < -0.4 is 5.32 Å². The molecule has 0 bridgehead atoms. The molecule has 1 aromatic carbocycles. The second-order valence-electron chi connectivity index (χ2n) is 4.93. The Morgan fingerprint density at radius 2 is 1.72 bits per heavy atom. The maximum Gasteiger partial charge on any atom is 0.0458 e. The Morgan fingerprint density at radius 1 is 1.11 bits per heavy atom. The summed E-state index contributed by atoms with van der Waals surface area (Å²) in [6.45, 7) is 5.41. The van der Waals surface area contributed by atoms with Gasteiger partial charge in [-0.05, 0) is 37.6 Å². The summed E-state index contributed by atoms with van der Waals surface area (Å²) in [4.78, 5) is 0. The molecule has 0 heterocycles. The fourth-order valence-electron chi connectivity index (χ4n) is 2.88. The first-order chi connectivity index (χ1) is 8.59. The number of benzene rings is 1. The lowest BCUT2D eigenvalue weighted by atomic mass is 9.73. The number of likely N-dealkylation sites (N-methyl/N-ethyl adjacent to an activating group) is 1. The number of nitrogens with one attached hydrogen (secondary N) is 1. The van der Waals surface area contributed by atoms with E-state index >= 15 is 0 Å². The SMILES string of the molecule is CCCC(CCC)(CNC)c1ccc(Cl)cc1Cl. The van der Waals surface area contributed by atoms with E-state index < -0.39 is 0 Å². The zero-order valence-electron chi connectivity index (χ0n) is 11.5. The van der Waals surface area contributed by atoms with Crippen molar-refractivity contribution < 1.29 is 0 Å². The molecule has 1 aromatic rings.